The van der Waals surface area contributed by atoms with Crippen LogP contribution in [0.25, 0.3) is 0 Å². The number of nitrogens with two attached hydrogens (primary N) is 1. The molecule has 5 heteroatoms. The Morgan fingerprint density at radius 2 is 1.58 bits per heavy atom. The van der Waals surface area contributed by atoms with Crippen LogP contribution in [0, 0.1) is 12.7 Å². The zero-order chi connectivity index (χ0) is 22.9. The molecule has 4 nitrogen and oxygen atoms in total. The molecule has 0 spiro atoms. The Hall–Kier alpha value is -2.08. The lowest BCUT2D eigenvalue weighted by Crippen LogP contribution is -2.44. The number of piperazine rings is 1. The summed E-state index contributed by atoms with van der Waals surface area (Å²) in [6.07, 6.45) is 3.49. The zero-order valence-electron chi connectivity index (χ0n) is 19.5. The van der Waals surface area contributed by atoms with Crippen LogP contribution < -0.4 is 5.73 Å². The van der Waals surface area contributed by atoms with Crippen LogP contribution >= 0.6 is 0 Å². The van der Waals surface area contributed by atoms with Crippen molar-refractivity contribution in [2.45, 2.75) is 39.5 Å². The molecular formula is C26H40FN3O. The molecule has 0 saturated carbocycles. The largest absolute Gasteiger partial charge is 0.330 e. The second-order valence-electron chi connectivity index (χ2n) is 7.94. The molecule has 1 fully saturated rings. The maximum absolute atomic E-state index is 11.9. The SMILES string of the molecule is CCCC(=O)CCN1CCN(C)CC1.Cc1ccccc1CCN.Fc1ccccc1. The van der Waals surface area contributed by atoms with Gasteiger partial charge in [0.1, 0.15) is 11.6 Å². The number of nitrogens with zero attached hydrogens (tertiary/aromatic N) is 2. The Bertz CT molecular complexity index is 716. The predicted octanol–water partition coefficient (Wildman–Crippen LogP) is 4.32. The third kappa shape index (κ3) is 13.0. The monoisotopic (exact) mass is 429 g/mol. The molecule has 0 bridgehead atoms. The molecule has 0 radical (unpaired) electrons. The third-order valence-corrected chi connectivity index (χ3v) is 5.24. The fraction of sp³-hybridized carbons (Fsp3) is 0.500. The van der Waals surface area contributed by atoms with Crippen molar-refractivity contribution < 1.29 is 9.18 Å². The minimum absolute atomic E-state index is 0.178. The smallest absolute Gasteiger partial charge is 0.134 e. The predicted molar refractivity (Wildman–Crippen MR) is 129 cm³/mol. The fourth-order valence-electron chi connectivity index (χ4n) is 3.22. The van der Waals surface area contributed by atoms with Crippen LogP contribution in [-0.2, 0) is 11.2 Å². The zero-order valence-corrected chi connectivity index (χ0v) is 19.5. The van der Waals surface area contributed by atoms with Crippen molar-refractivity contribution in [1.82, 2.24) is 9.80 Å². The van der Waals surface area contributed by atoms with Gasteiger partial charge < -0.3 is 15.5 Å². The number of aryl methyl sites for hydroxylation is 1. The number of hydrogen-bond donors (Lipinski definition) is 1. The van der Waals surface area contributed by atoms with E-state index in [0.717, 1.165) is 65.0 Å². The van der Waals surface area contributed by atoms with Gasteiger partial charge in [-0.2, -0.15) is 0 Å². The molecule has 2 aromatic carbocycles. The molecule has 1 aliphatic heterocycles. The summed E-state index contributed by atoms with van der Waals surface area (Å²) in [6.45, 7) is 10.4. The van der Waals surface area contributed by atoms with E-state index in [1.54, 1.807) is 18.2 Å². The van der Waals surface area contributed by atoms with E-state index in [4.69, 9.17) is 5.73 Å². The van der Waals surface area contributed by atoms with Crippen molar-refractivity contribution >= 4 is 5.78 Å². The number of benzene rings is 2. The van der Waals surface area contributed by atoms with Crippen molar-refractivity contribution in [3.05, 3.63) is 71.5 Å². The highest BCUT2D eigenvalue weighted by Crippen LogP contribution is 2.06. The molecule has 0 aromatic heterocycles. The summed E-state index contributed by atoms with van der Waals surface area (Å²) in [4.78, 5) is 16.0. The van der Waals surface area contributed by atoms with E-state index in [1.807, 2.05) is 0 Å². The van der Waals surface area contributed by atoms with Crippen LogP contribution in [0.4, 0.5) is 4.39 Å². The van der Waals surface area contributed by atoms with Crippen LogP contribution in [0.1, 0.15) is 37.3 Å². The summed E-state index contributed by atoms with van der Waals surface area (Å²) in [5.74, 6) is 0.244. The van der Waals surface area contributed by atoms with E-state index in [-0.39, 0.29) is 5.82 Å². The number of likely N-dealkylation sites (N-methyl/N-ethyl adjacent to an activating group) is 1. The summed E-state index contributed by atoms with van der Waals surface area (Å²) in [7, 11) is 2.15. The summed E-state index contributed by atoms with van der Waals surface area (Å²) in [5.41, 5.74) is 8.14. The van der Waals surface area contributed by atoms with E-state index in [2.05, 4.69) is 55.0 Å². The third-order valence-electron chi connectivity index (χ3n) is 5.24. The lowest BCUT2D eigenvalue weighted by molar-refractivity contribution is -0.119. The molecule has 1 heterocycles. The average Bonchev–Trinajstić information content (AvgIpc) is 2.77. The van der Waals surface area contributed by atoms with Crippen molar-refractivity contribution in [3.8, 4) is 0 Å². The molecule has 0 amide bonds. The second kappa shape index (κ2) is 16.6. The normalized spacial score (nSPS) is 14.1. The van der Waals surface area contributed by atoms with Crippen molar-refractivity contribution in [2.24, 2.45) is 5.73 Å². The van der Waals surface area contributed by atoms with Crippen LogP contribution in [0.5, 0.6) is 0 Å². The number of halogens is 1. The van der Waals surface area contributed by atoms with Crippen molar-refractivity contribution in [1.29, 1.82) is 0 Å². The first kappa shape index (κ1) is 27.0. The summed E-state index contributed by atoms with van der Waals surface area (Å²) < 4.78 is 11.9. The number of carbonyl (C=O) groups excluding carboxylic acids is 1. The molecule has 3 rings (SSSR count). The Labute approximate surface area is 188 Å². The van der Waals surface area contributed by atoms with Crippen LogP contribution in [0.2, 0.25) is 0 Å². The van der Waals surface area contributed by atoms with Crippen molar-refractivity contribution in [2.75, 3.05) is 46.3 Å². The van der Waals surface area contributed by atoms with Gasteiger partial charge in [-0.25, -0.2) is 4.39 Å². The first-order chi connectivity index (χ1) is 15.0. The standard InChI is InChI=1S/C11H22N2O.C9H13N.C6H5F/c1-3-4-11(14)5-6-13-9-7-12(2)8-10-13;1-8-4-2-3-5-9(8)6-7-10;7-6-4-2-1-3-5-6/h3-10H2,1-2H3;2-5H,6-7,10H2,1H3;1-5H. The summed E-state index contributed by atoms with van der Waals surface area (Å²) in [6, 6.07) is 16.3. The molecular weight excluding hydrogens is 389 g/mol. The van der Waals surface area contributed by atoms with Crippen molar-refractivity contribution in [3.63, 3.8) is 0 Å². The average molecular weight is 430 g/mol. The molecule has 1 saturated heterocycles. The first-order valence-electron chi connectivity index (χ1n) is 11.3. The number of Topliss-reactive ketones (excluding diaryl/α,β-unsaturated/α-hetero) is 1. The summed E-state index contributed by atoms with van der Waals surface area (Å²) >= 11 is 0. The fourth-order valence-corrected chi connectivity index (χ4v) is 3.22. The number of rotatable bonds is 7. The number of carbonyl (C=O) groups is 1. The Morgan fingerprint density at radius 1 is 0.968 bits per heavy atom. The lowest BCUT2D eigenvalue weighted by atomic mass is 10.1. The van der Waals surface area contributed by atoms with Gasteiger partial charge in [0.2, 0.25) is 0 Å². The molecule has 0 atom stereocenters. The molecule has 172 valence electrons. The quantitative estimate of drug-likeness (QED) is 0.712. The van der Waals surface area contributed by atoms with Gasteiger partial charge in [0.15, 0.2) is 0 Å². The molecule has 2 aromatic rings. The van der Waals surface area contributed by atoms with Gasteiger partial charge in [-0.3, -0.25) is 4.79 Å². The van der Waals surface area contributed by atoms with E-state index < -0.39 is 0 Å². The van der Waals surface area contributed by atoms with Gasteiger partial charge in [-0.1, -0.05) is 49.4 Å². The molecule has 31 heavy (non-hydrogen) atoms. The van der Waals surface area contributed by atoms with E-state index in [0.29, 0.717) is 5.78 Å². The van der Waals surface area contributed by atoms with E-state index >= 15 is 0 Å². The second-order valence-corrected chi connectivity index (χ2v) is 7.94. The molecule has 2 N–H and O–H groups in total. The van der Waals surface area contributed by atoms with Gasteiger partial charge in [0.25, 0.3) is 0 Å². The minimum atomic E-state index is -0.178. The molecule has 0 unspecified atom stereocenters. The highest BCUT2D eigenvalue weighted by atomic mass is 19.1. The Morgan fingerprint density at radius 3 is 2.10 bits per heavy atom. The maximum Gasteiger partial charge on any atom is 0.134 e. The van der Waals surface area contributed by atoms with Gasteiger partial charge in [0.05, 0.1) is 0 Å². The van der Waals surface area contributed by atoms with Crippen LogP contribution in [0.3, 0.4) is 0 Å². The number of hydrogen-bond acceptors (Lipinski definition) is 4. The topological polar surface area (TPSA) is 49.6 Å². The molecule has 1 aliphatic rings. The van der Waals surface area contributed by atoms with Gasteiger partial charge in [-0.15, -0.1) is 0 Å². The summed E-state index contributed by atoms with van der Waals surface area (Å²) in [5, 5.41) is 0. The Balaban J connectivity index is 0.000000247. The van der Waals surface area contributed by atoms with E-state index in [9.17, 15) is 9.18 Å². The maximum atomic E-state index is 11.9. The highest BCUT2D eigenvalue weighted by molar-refractivity contribution is 5.78. The minimum Gasteiger partial charge on any atom is -0.330 e. The van der Waals surface area contributed by atoms with Crippen LogP contribution in [-0.4, -0.2) is 61.9 Å². The van der Waals surface area contributed by atoms with Gasteiger partial charge in [0, 0.05) is 45.6 Å². The number of ketones is 1. The van der Waals surface area contributed by atoms with Crippen LogP contribution in [0.15, 0.2) is 54.6 Å². The molecule has 0 aliphatic carbocycles. The highest BCUT2D eigenvalue weighted by Gasteiger charge is 2.14. The van der Waals surface area contributed by atoms with Gasteiger partial charge in [-0.05, 0) is 56.6 Å². The van der Waals surface area contributed by atoms with Gasteiger partial charge >= 0.3 is 0 Å². The first-order valence-corrected chi connectivity index (χ1v) is 11.3. The van der Waals surface area contributed by atoms with E-state index in [1.165, 1.54) is 23.3 Å². The Kier molecular flexibility index (Phi) is 14.4. The lowest BCUT2D eigenvalue weighted by Gasteiger charge is -2.32.